The van der Waals surface area contributed by atoms with Crippen LogP contribution in [0.15, 0.2) is 0 Å². The van der Waals surface area contributed by atoms with Gasteiger partial charge in [0.2, 0.25) is 0 Å². The summed E-state index contributed by atoms with van der Waals surface area (Å²) in [6.07, 6.45) is 14.1. The third-order valence-corrected chi connectivity index (χ3v) is 8.72. The predicted molar refractivity (Wildman–Crippen MR) is 92.7 cm³/mol. The third-order valence-electron chi connectivity index (χ3n) is 3.93. The first kappa shape index (κ1) is 21.3. The second kappa shape index (κ2) is 11.8. The van der Waals surface area contributed by atoms with E-state index in [1.165, 1.54) is 51.4 Å². The van der Waals surface area contributed by atoms with Gasteiger partial charge in [-0.15, -0.1) is 0 Å². The van der Waals surface area contributed by atoms with Gasteiger partial charge in [-0.05, 0) is 19.8 Å². The maximum absolute atomic E-state index is 10.8. The lowest BCUT2D eigenvalue weighted by Gasteiger charge is -2.17. The summed E-state index contributed by atoms with van der Waals surface area (Å²) >= 11 is 0. The molecule has 0 saturated carbocycles. The highest BCUT2D eigenvalue weighted by molar-refractivity contribution is 7.89. The zero-order valence-electron chi connectivity index (χ0n) is 14.0. The standard InChI is InChI=1S/C15H33O4PS/c1-4-6-7-8-9-10-11-12-13-14-15-20(3,5-2)19-21(16,17)18/h4-15H2,1-3H3/p+1. The van der Waals surface area contributed by atoms with Gasteiger partial charge in [-0.3, -0.25) is 4.55 Å². The van der Waals surface area contributed by atoms with Gasteiger partial charge in [0, 0.05) is 0 Å². The van der Waals surface area contributed by atoms with Crippen LogP contribution in [0.3, 0.4) is 0 Å². The number of unbranched alkanes of at least 4 members (excludes halogenated alkanes) is 9. The first-order valence-corrected chi connectivity index (χ1v) is 12.2. The fourth-order valence-electron chi connectivity index (χ4n) is 2.41. The van der Waals surface area contributed by atoms with Crippen molar-refractivity contribution in [3.63, 3.8) is 0 Å². The summed E-state index contributed by atoms with van der Waals surface area (Å²) in [5.74, 6) is 0. The minimum Gasteiger partial charge on any atom is -0.261 e. The highest BCUT2D eigenvalue weighted by Crippen LogP contribution is 2.57. The average molecular weight is 341 g/mol. The Kier molecular flexibility index (Phi) is 12.0. The maximum atomic E-state index is 10.8. The lowest BCUT2D eigenvalue weighted by atomic mass is 10.1. The zero-order valence-corrected chi connectivity index (χ0v) is 15.7. The average Bonchev–Trinajstić information content (AvgIpc) is 2.39. The van der Waals surface area contributed by atoms with Crippen LogP contribution >= 0.6 is 7.49 Å². The fourth-order valence-corrected chi connectivity index (χ4v) is 6.16. The van der Waals surface area contributed by atoms with Gasteiger partial charge >= 0.3 is 10.4 Å². The van der Waals surface area contributed by atoms with E-state index in [-0.39, 0.29) is 0 Å². The van der Waals surface area contributed by atoms with E-state index in [4.69, 9.17) is 8.52 Å². The van der Waals surface area contributed by atoms with Gasteiger partial charge in [0.05, 0.1) is 19.0 Å². The highest BCUT2D eigenvalue weighted by Gasteiger charge is 2.36. The summed E-state index contributed by atoms with van der Waals surface area (Å²) in [5.41, 5.74) is 0. The van der Waals surface area contributed by atoms with E-state index in [1.807, 2.05) is 13.6 Å². The minimum atomic E-state index is -4.31. The molecule has 0 rings (SSSR count). The van der Waals surface area contributed by atoms with Gasteiger partial charge < -0.3 is 0 Å². The van der Waals surface area contributed by atoms with Crippen LogP contribution in [0.1, 0.15) is 78.1 Å². The number of rotatable bonds is 14. The molecule has 1 atom stereocenters. The maximum Gasteiger partial charge on any atom is 0.429 e. The van der Waals surface area contributed by atoms with Gasteiger partial charge in [0.25, 0.3) is 0 Å². The first-order valence-electron chi connectivity index (χ1n) is 8.36. The Morgan fingerprint density at radius 1 is 0.857 bits per heavy atom. The summed E-state index contributed by atoms with van der Waals surface area (Å²) in [7, 11) is -6.29. The van der Waals surface area contributed by atoms with Crippen molar-refractivity contribution in [3.05, 3.63) is 0 Å². The molecule has 1 unspecified atom stereocenters. The quantitative estimate of drug-likeness (QED) is 0.264. The van der Waals surface area contributed by atoms with Crippen LogP contribution < -0.4 is 0 Å². The Hall–Kier alpha value is 0.300. The molecule has 0 aromatic carbocycles. The molecule has 0 radical (unpaired) electrons. The fraction of sp³-hybridized carbons (Fsp3) is 1.00. The molecule has 0 amide bonds. The van der Waals surface area contributed by atoms with Crippen LogP contribution in [0.4, 0.5) is 0 Å². The molecule has 0 bridgehead atoms. The molecular formula is C15H34O4PS+. The van der Waals surface area contributed by atoms with Crippen LogP contribution in [-0.4, -0.2) is 32.0 Å². The van der Waals surface area contributed by atoms with Crippen molar-refractivity contribution < 1.29 is 16.9 Å². The molecule has 0 fully saturated rings. The Bertz CT molecular complexity index is 346. The summed E-state index contributed by atoms with van der Waals surface area (Å²) < 4.78 is 35.4. The Balaban J connectivity index is 3.60. The predicted octanol–water partition coefficient (Wildman–Crippen LogP) is 5.31. The monoisotopic (exact) mass is 341 g/mol. The largest absolute Gasteiger partial charge is 0.429 e. The van der Waals surface area contributed by atoms with Gasteiger partial charge in [-0.2, -0.15) is 8.42 Å². The molecule has 4 nitrogen and oxygen atoms in total. The highest BCUT2D eigenvalue weighted by atomic mass is 32.3. The minimum absolute atomic E-state index is 0.685. The van der Waals surface area contributed by atoms with Gasteiger partial charge in [-0.1, -0.05) is 62.3 Å². The Morgan fingerprint density at radius 3 is 1.67 bits per heavy atom. The lowest BCUT2D eigenvalue weighted by molar-refractivity contribution is 0.396. The molecule has 21 heavy (non-hydrogen) atoms. The number of hydrogen-bond acceptors (Lipinski definition) is 3. The van der Waals surface area contributed by atoms with Crippen LogP contribution in [-0.2, 0) is 14.4 Å². The Morgan fingerprint density at radius 2 is 1.29 bits per heavy atom. The topological polar surface area (TPSA) is 63.6 Å². The normalized spacial score (nSPS) is 15.0. The smallest absolute Gasteiger partial charge is 0.261 e. The van der Waals surface area contributed by atoms with E-state index in [0.717, 1.165) is 19.0 Å². The molecule has 0 aliphatic heterocycles. The molecule has 0 aromatic heterocycles. The summed E-state index contributed by atoms with van der Waals surface area (Å²) in [6, 6.07) is 0. The molecule has 128 valence electrons. The van der Waals surface area contributed by atoms with E-state index in [9.17, 15) is 8.42 Å². The van der Waals surface area contributed by atoms with E-state index in [2.05, 4.69) is 6.92 Å². The van der Waals surface area contributed by atoms with Crippen LogP contribution in [0.5, 0.6) is 0 Å². The van der Waals surface area contributed by atoms with Crippen molar-refractivity contribution >= 4 is 17.9 Å². The number of hydrogen-bond donors (Lipinski definition) is 1. The summed E-state index contributed by atoms with van der Waals surface area (Å²) in [4.78, 5) is 0. The van der Waals surface area contributed by atoms with Crippen LogP contribution in [0.2, 0.25) is 0 Å². The lowest BCUT2D eigenvalue weighted by Crippen LogP contribution is -2.10. The molecule has 0 aromatic rings. The second-order valence-electron chi connectivity index (χ2n) is 6.02. The second-order valence-corrected chi connectivity index (χ2v) is 11.1. The van der Waals surface area contributed by atoms with Crippen molar-refractivity contribution in [1.82, 2.24) is 0 Å². The van der Waals surface area contributed by atoms with Crippen LogP contribution in [0.25, 0.3) is 0 Å². The molecule has 1 N–H and O–H groups in total. The third kappa shape index (κ3) is 13.7. The van der Waals surface area contributed by atoms with Crippen molar-refractivity contribution in [3.8, 4) is 0 Å². The Labute approximate surface area is 132 Å². The summed E-state index contributed by atoms with van der Waals surface area (Å²) in [5, 5.41) is 0. The molecule has 6 heteroatoms. The van der Waals surface area contributed by atoms with Gasteiger partial charge in [0.1, 0.15) is 0 Å². The van der Waals surface area contributed by atoms with Crippen molar-refractivity contribution in [2.24, 2.45) is 0 Å². The van der Waals surface area contributed by atoms with Gasteiger partial charge in [-0.25, -0.2) is 0 Å². The zero-order chi connectivity index (χ0) is 16.2. The SMILES string of the molecule is CCCCCCCCCCCC[P+](C)(CC)OS(=O)(=O)O. The first-order chi connectivity index (χ1) is 9.83. The molecule has 0 aliphatic carbocycles. The molecular weight excluding hydrogens is 307 g/mol. The van der Waals surface area contributed by atoms with Crippen molar-refractivity contribution in [2.75, 3.05) is 19.0 Å². The van der Waals surface area contributed by atoms with Crippen LogP contribution in [0, 0.1) is 0 Å². The van der Waals surface area contributed by atoms with Crippen molar-refractivity contribution in [1.29, 1.82) is 0 Å². The van der Waals surface area contributed by atoms with E-state index >= 15 is 0 Å². The summed E-state index contributed by atoms with van der Waals surface area (Å²) in [6.45, 7) is 6.02. The van der Waals surface area contributed by atoms with Crippen molar-refractivity contribution in [2.45, 2.75) is 78.1 Å². The molecule has 0 saturated heterocycles. The van der Waals surface area contributed by atoms with E-state index < -0.39 is 17.9 Å². The van der Waals surface area contributed by atoms with Gasteiger partial charge in [0.15, 0.2) is 7.49 Å². The van der Waals surface area contributed by atoms with E-state index in [0.29, 0.717) is 6.16 Å². The molecule has 0 heterocycles. The molecule has 0 spiro atoms. The molecule has 0 aliphatic rings. The van der Waals surface area contributed by atoms with E-state index in [1.54, 1.807) is 0 Å².